The maximum atomic E-state index is 9.60. The third kappa shape index (κ3) is 3.92. The van der Waals surface area contributed by atoms with Crippen molar-refractivity contribution in [3.8, 4) is 5.75 Å². The van der Waals surface area contributed by atoms with Gasteiger partial charge in [-0.25, -0.2) is 0 Å². The Kier molecular flexibility index (Phi) is 5.19. The average molecular weight is 208 g/mol. The molecule has 1 aromatic carbocycles. The fourth-order valence-electron chi connectivity index (χ4n) is 1.70. The molecule has 0 aliphatic carbocycles. The third-order valence-corrected chi connectivity index (χ3v) is 2.54. The van der Waals surface area contributed by atoms with E-state index in [0.29, 0.717) is 5.75 Å². The van der Waals surface area contributed by atoms with E-state index in [-0.39, 0.29) is 6.61 Å². The van der Waals surface area contributed by atoms with Crippen LogP contribution in [-0.4, -0.2) is 16.8 Å². The molecule has 0 aliphatic heterocycles. The number of phenolic OH excluding ortho intramolecular Hbond substituents is 1. The average Bonchev–Trinajstić information content (AvgIpc) is 2.23. The highest BCUT2D eigenvalue weighted by Crippen LogP contribution is 2.20. The van der Waals surface area contributed by atoms with Crippen molar-refractivity contribution in [3.63, 3.8) is 0 Å². The van der Waals surface area contributed by atoms with Gasteiger partial charge >= 0.3 is 0 Å². The van der Waals surface area contributed by atoms with Gasteiger partial charge in [0.2, 0.25) is 0 Å². The van der Waals surface area contributed by atoms with Gasteiger partial charge < -0.3 is 10.2 Å². The van der Waals surface area contributed by atoms with Crippen molar-refractivity contribution in [2.75, 3.05) is 6.61 Å². The van der Waals surface area contributed by atoms with Crippen molar-refractivity contribution in [3.05, 3.63) is 29.3 Å². The molecule has 1 aromatic rings. The van der Waals surface area contributed by atoms with Crippen LogP contribution >= 0.6 is 0 Å². The Morgan fingerprint density at radius 3 is 2.60 bits per heavy atom. The first-order chi connectivity index (χ1) is 7.27. The summed E-state index contributed by atoms with van der Waals surface area (Å²) in [4.78, 5) is 0. The van der Waals surface area contributed by atoms with Crippen molar-refractivity contribution in [2.24, 2.45) is 0 Å². The van der Waals surface area contributed by atoms with Crippen LogP contribution in [0.5, 0.6) is 5.75 Å². The Balaban J connectivity index is 2.61. The zero-order chi connectivity index (χ0) is 11.1. The number of unbranched alkanes of at least 4 members (excludes halogenated alkanes) is 1. The molecule has 0 bridgehead atoms. The van der Waals surface area contributed by atoms with Gasteiger partial charge in [-0.15, -0.1) is 0 Å². The second-order valence-electron chi connectivity index (χ2n) is 3.89. The van der Waals surface area contributed by atoms with E-state index in [2.05, 4.69) is 13.0 Å². The van der Waals surface area contributed by atoms with Crippen molar-refractivity contribution in [1.82, 2.24) is 0 Å². The van der Waals surface area contributed by atoms with Crippen LogP contribution in [0.25, 0.3) is 0 Å². The van der Waals surface area contributed by atoms with E-state index in [1.165, 1.54) is 5.56 Å². The number of rotatable bonds is 6. The molecule has 0 saturated carbocycles. The highest BCUT2D eigenvalue weighted by Gasteiger charge is 2.01. The molecule has 0 amide bonds. The lowest BCUT2D eigenvalue weighted by Crippen LogP contribution is -1.91. The number of aliphatic hydroxyl groups is 1. The first-order valence-corrected chi connectivity index (χ1v) is 5.69. The van der Waals surface area contributed by atoms with Gasteiger partial charge in [0.25, 0.3) is 0 Å². The highest BCUT2D eigenvalue weighted by atomic mass is 16.3. The number of benzene rings is 1. The summed E-state index contributed by atoms with van der Waals surface area (Å²) in [7, 11) is 0. The predicted octanol–water partition coefficient (Wildman–Crippen LogP) is 2.66. The summed E-state index contributed by atoms with van der Waals surface area (Å²) in [5, 5.41) is 18.3. The van der Waals surface area contributed by atoms with Crippen LogP contribution in [0.1, 0.15) is 37.3 Å². The highest BCUT2D eigenvalue weighted by molar-refractivity contribution is 5.36. The minimum Gasteiger partial charge on any atom is -0.508 e. The van der Waals surface area contributed by atoms with E-state index in [0.717, 1.165) is 37.7 Å². The quantitative estimate of drug-likeness (QED) is 0.706. The summed E-state index contributed by atoms with van der Waals surface area (Å²) >= 11 is 0. The van der Waals surface area contributed by atoms with Gasteiger partial charge in [0.05, 0.1) is 0 Å². The Hall–Kier alpha value is -1.02. The van der Waals surface area contributed by atoms with Gasteiger partial charge in [-0.3, -0.25) is 0 Å². The minimum absolute atomic E-state index is 0.264. The van der Waals surface area contributed by atoms with E-state index >= 15 is 0 Å². The molecule has 0 spiro atoms. The molecule has 84 valence electrons. The fraction of sp³-hybridized carbons (Fsp3) is 0.538. The molecule has 0 heterocycles. The van der Waals surface area contributed by atoms with Gasteiger partial charge in [0, 0.05) is 6.61 Å². The molecule has 0 aliphatic rings. The molecular formula is C13H20O2. The Morgan fingerprint density at radius 2 is 1.93 bits per heavy atom. The monoisotopic (exact) mass is 208 g/mol. The van der Waals surface area contributed by atoms with Crippen LogP contribution in [0.15, 0.2) is 18.2 Å². The van der Waals surface area contributed by atoms with Crippen LogP contribution in [0, 0.1) is 0 Å². The van der Waals surface area contributed by atoms with Crippen molar-refractivity contribution < 1.29 is 10.2 Å². The van der Waals surface area contributed by atoms with Crippen LogP contribution in [-0.2, 0) is 12.8 Å². The van der Waals surface area contributed by atoms with Crippen LogP contribution < -0.4 is 0 Å². The predicted molar refractivity (Wildman–Crippen MR) is 62.1 cm³/mol. The van der Waals surface area contributed by atoms with Crippen LogP contribution in [0.4, 0.5) is 0 Å². The van der Waals surface area contributed by atoms with Gasteiger partial charge in [0.15, 0.2) is 0 Å². The number of aliphatic hydroxyl groups excluding tert-OH is 1. The molecule has 0 fully saturated rings. The van der Waals surface area contributed by atoms with Crippen molar-refractivity contribution in [2.45, 2.75) is 39.0 Å². The van der Waals surface area contributed by atoms with Gasteiger partial charge in [-0.05, 0) is 42.9 Å². The molecule has 1 rings (SSSR count). The second-order valence-corrected chi connectivity index (χ2v) is 3.89. The first-order valence-electron chi connectivity index (χ1n) is 5.69. The molecule has 0 aromatic heterocycles. The minimum atomic E-state index is 0.264. The smallest absolute Gasteiger partial charge is 0.118 e. The van der Waals surface area contributed by atoms with Crippen LogP contribution in [0.3, 0.4) is 0 Å². The van der Waals surface area contributed by atoms with Gasteiger partial charge in [-0.1, -0.05) is 25.5 Å². The largest absolute Gasteiger partial charge is 0.508 e. The summed E-state index contributed by atoms with van der Waals surface area (Å²) in [5.41, 5.74) is 2.30. The van der Waals surface area contributed by atoms with Gasteiger partial charge in [-0.2, -0.15) is 0 Å². The molecule has 0 radical (unpaired) electrons. The molecule has 2 heteroatoms. The van der Waals surface area contributed by atoms with Crippen molar-refractivity contribution in [1.29, 1.82) is 0 Å². The Morgan fingerprint density at radius 1 is 1.13 bits per heavy atom. The molecule has 15 heavy (non-hydrogen) atoms. The first kappa shape index (κ1) is 12.1. The normalized spacial score (nSPS) is 10.5. The van der Waals surface area contributed by atoms with E-state index < -0.39 is 0 Å². The van der Waals surface area contributed by atoms with E-state index in [1.807, 2.05) is 6.07 Å². The fourth-order valence-corrected chi connectivity index (χ4v) is 1.70. The lowest BCUT2D eigenvalue weighted by molar-refractivity contribution is 0.284. The van der Waals surface area contributed by atoms with E-state index in [4.69, 9.17) is 5.11 Å². The molecule has 2 N–H and O–H groups in total. The standard InChI is InChI=1S/C13H20O2/c1-2-5-12-10-11(6-3-4-9-14)7-8-13(12)15/h7-8,10,14-15H,2-6,9H2,1H3. The van der Waals surface area contributed by atoms with Crippen molar-refractivity contribution >= 4 is 0 Å². The summed E-state index contributed by atoms with van der Waals surface area (Å²) in [6.45, 7) is 2.37. The maximum absolute atomic E-state index is 9.60. The Bertz CT molecular complexity index is 295. The third-order valence-electron chi connectivity index (χ3n) is 2.54. The van der Waals surface area contributed by atoms with E-state index in [9.17, 15) is 5.11 Å². The summed E-state index contributed by atoms with van der Waals surface area (Å²) < 4.78 is 0. The number of phenols is 1. The number of aryl methyl sites for hydroxylation is 2. The molecule has 0 atom stereocenters. The number of hydrogen-bond donors (Lipinski definition) is 2. The zero-order valence-electron chi connectivity index (χ0n) is 9.37. The summed E-state index contributed by atoms with van der Waals surface area (Å²) in [6.07, 6.45) is 4.82. The summed E-state index contributed by atoms with van der Waals surface area (Å²) in [5.74, 6) is 0.405. The topological polar surface area (TPSA) is 40.5 Å². The SMILES string of the molecule is CCCc1cc(CCCCO)ccc1O. The van der Waals surface area contributed by atoms with Gasteiger partial charge in [0.1, 0.15) is 5.75 Å². The summed E-state index contributed by atoms with van der Waals surface area (Å²) in [6, 6.07) is 5.82. The lowest BCUT2D eigenvalue weighted by Gasteiger charge is -2.06. The number of aromatic hydroxyl groups is 1. The van der Waals surface area contributed by atoms with E-state index in [1.54, 1.807) is 6.07 Å². The van der Waals surface area contributed by atoms with Crippen LogP contribution in [0.2, 0.25) is 0 Å². The maximum Gasteiger partial charge on any atom is 0.118 e. The lowest BCUT2D eigenvalue weighted by atomic mass is 10.0. The number of hydrogen-bond acceptors (Lipinski definition) is 2. The molecule has 2 nitrogen and oxygen atoms in total. The Labute approximate surface area is 91.6 Å². The zero-order valence-corrected chi connectivity index (χ0v) is 9.37. The molecular weight excluding hydrogens is 188 g/mol. The second kappa shape index (κ2) is 6.46. The molecule has 0 saturated heterocycles. The molecule has 0 unspecified atom stereocenters.